The van der Waals surface area contributed by atoms with Gasteiger partial charge >= 0.3 is 0 Å². The van der Waals surface area contributed by atoms with Gasteiger partial charge in [0.2, 0.25) is 11.8 Å². The van der Waals surface area contributed by atoms with E-state index in [0.717, 1.165) is 24.8 Å². The van der Waals surface area contributed by atoms with Gasteiger partial charge in [0, 0.05) is 24.8 Å². The van der Waals surface area contributed by atoms with Crippen LogP contribution in [0.3, 0.4) is 0 Å². The third-order valence-corrected chi connectivity index (χ3v) is 5.45. The Kier molecular flexibility index (Phi) is 5.19. The molecule has 1 aromatic rings. The monoisotopic (exact) mass is 330 g/mol. The molecule has 5 heteroatoms. The molecule has 0 radical (unpaired) electrons. The lowest BCUT2D eigenvalue weighted by Gasteiger charge is -2.56. The van der Waals surface area contributed by atoms with Crippen molar-refractivity contribution in [2.24, 2.45) is 5.92 Å². The maximum absolute atomic E-state index is 12.8. The zero-order valence-electron chi connectivity index (χ0n) is 14.1. The number of aliphatic hydroxyl groups is 1. The third kappa shape index (κ3) is 3.05. The van der Waals surface area contributed by atoms with Crippen molar-refractivity contribution in [3.8, 4) is 0 Å². The van der Waals surface area contributed by atoms with E-state index >= 15 is 0 Å². The highest BCUT2D eigenvalue weighted by Crippen LogP contribution is 2.43. The molecule has 2 aliphatic rings. The van der Waals surface area contributed by atoms with Crippen molar-refractivity contribution in [1.82, 2.24) is 10.2 Å². The van der Waals surface area contributed by atoms with Crippen LogP contribution < -0.4 is 5.32 Å². The third-order valence-electron chi connectivity index (χ3n) is 5.45. The molecule has 1 saturated heterocycles. The maximum Gasteiger partial charge on any atom is 0.226 e. The zero-order chi connectivity index (χ0) is 17.1. The average Bonchev–Trinajstić information content (AvgIpc) is 2.53. The van der Waals surface area contributed by atoms with Gasteiger partial charge in [0.05, 0.1) is 18.7 Å². The van der Waals surface area contributed by atoms with Gasteiger partial charge < -0.3 is 15.3 Å². The quantitative estimate of drug-likeness (QED) is 0.833. The Labute approximate surface area is 143 Å². The second-order valence-corrected chi connectivity index (χ2v) is 6.78. The highest BCUT2D eigenvalue weighted by molar-refractivity contribution is 5.82. The summed E-state index contributed by atoms with van der Waals surface area (Å²) in [7, 11) is 0. The van der Waals surface area contributed by atoms with E-state index < -0.39 is 0 Å². The van der Waals surface area contributed by atoms with Gasteiger partial charge in [0.15, 0.2) is 0 Å². The number of nitrogens with zero attached hydrogens (tertiary/aromatic N) is 1. The summed E-state index contributed by atoms with van der Waals surface area (Å²) in [5.41, 5.74) is 1.12. The molecule has 2 amide bonds. The Hall–Kier alpha value is -1.88. The topological polar surface area (TPSA) is 69.6 Å². The largest absolute Gasteiger partial charge is 0.394 e. The standard InChI is InChI=1S/C19H26N2O3/c1-2-17(23)20-11-15-18(13-7-4-3-5-8-13)16(12-22)21(15)19(24)14-9-6-10-14/h3-5,7-8,14-16,18,22H,2,6,9-12H2,1H3,(H,20,23)/t15-,16+,18-/m0/s1. The molecular formula is C19H26N2O3. The molecular weight excluding hydrogens is 304 g/mol. The van der Waals surface area contributed by atoms with E-state index in [2.05, 4.69) is 5.32 Å². The van der Waals surface area contributed by atoms with Crippen molar-refractivity contribution in [2.75, 3.05) is 13.2 Å². The van der Waals surface area contributed by atoms with Gasteiger partial charge in [0.25, 0.3) is 0 Å². The minimum Gasteiger partial charge on any atom is -0.394 e. The van der Waals surface area contributed by atoms with Gasteiger partial charge in [0.1, 0.15) is 0 Å². The van der Waals surface area contributed by atoms with Crippen molar-refractivity contribution >= 4 is 11.8 Å². The van der Waals surface area contributed by atoms with Gasteiger partial charge in [-0.15, -0.1) is 0 Å². The van der Waals surface area contributed by atoms with Crippen molar-refractivity contribution in [3.05, 3.63) is 35.9 Å². The Morgan fingerprint density at radius 3 is 2.46 bits per heavy atom. The Morgan fingerprint density at radius 1 is 1.21 bits per heavy atom. The van der Waals surface area contributed by atoms with Crippen LogP contribution in [-0.2, 0) is 9.59 Å². The molecule has 1 aliphatic carbocycles. The number of likely N-dealkylation sites (tertiary alicyclic amines) is 1. The van der Waals surface area contributed by atoms with Crippen LogP contribution in [0.25, 0.3) is 0 Å². The van der Waals surface area contributed by atoms with Gasteiger partial charge in [-0.3, -0.25) is 9.59 Å². The van der Waals surface area contributed by atoms with E-state index in [0.29, 0.717) is 13.0 Å². The highest BCUT2D eigenvalue weighted by Gasteiger charge is 2.52. The summed E-state index contributed by atoms with van der Waals surface area (Å²) in [5.74, 6) is 0.297. The van der Waals surface area contributed by atoms with Crippen LogP contribution in [-0.4, -0.2) is 47.1 Å². The number of aliphatic hydroxyl groups excluding tert-OH is 1. The number of rotatable bonds is 6. The summed E-state index contributed by atoms with van der Waals surface area (Å²) in [4.78, 5) is 26.3. The van der Waals surface area contributed by atoms with Crippen LogP contribution in [0.5, 0.6) is 0 Å². The highest BCUT2D eigenvalue weighted by atomic mass is 16.3. The van der Waals surface area contributed by atoms with Gasteiger partial charge in [-0.1, -0.05) is 43.7 Å². The van der Waals surface area contributed by atoms with Crippen LogP contribution >= 0.6 is 0 Å². The van der Waals surface area contributed by atoms with Crippen molar-refractivity contribution in [1.29, 1.82) is 0 Å². The predicted octanol–water partition coefficient (Wildman–Crippen LogP) is 1.67. The molecule has 1 aliphatic heterocycles. The summed E-state index contributed by atoms with van der Waals surface area (Å²) >= 11 is 0. The van der Waals surface area contributed by atoms with Crippen molar-refractivity contribution in [2.45, 2.75) is 50.6 Å². The molecule has 3 atom stereocenters. The van der Waals surface area contributed by atoms with E-state index in [1.165, 1.54) is 0 Å². The number of hydrogen-bond donors (Lipinski definition) is 2. The predicted molar refractivity (Wildman–Crippen MR) is 91.3 cm³/mol. The molecule has 0 bridgehead atoms. The van der Waals surface area contributed by atoms with Gasteiger partial charge in [-0.25, -0.2) is 0 Å². The summed E-state index contributed by atoms with van der Waals surface area (Å²) in [6, 6.07) is 9.71. The minimum atomic E-state index is -0.191. The van der Waals surface area contributed by atoms with Crippen molar-refractivity contribution < 1.29 is 14.7 Å². The number of carbonyl (C=O) groups is 2. The molecule has 0 spiro atoms. The first-order valence-corrected chi connectivity index (χ1v) is 8.92. The van der Waals surface area contributed by atoms with Crippen LogP contribution in [0.15, 0.2) is 30.3 Å². The SMILES string of the molecule is CCC(=O)NC[C@H]1[C@H](c2ccccc2)[C@@H](CO)N1C(=O)C1CCC1. The zero-order valence-corrected chi connectivity index (χ0v) is 14.1. The van der Waals surface area contributed by atoms with Gasteiger partial charge in [-0.2, -0.15) is 0 Å². The molecule has 1 saturated carbocycles. The number of carbonyl (C=O) groups excluding carboxylic acids is 2. The van der Waals surface area contributed by atoms with Crippen LogP contribution in [0, 0.1) is 5.92 Å². The van der Waals surface area contributed by atoms with Crippen LogP contribution in [0.2, 0.25) is 0 Å². The fraction of sp³-hybridized carbons (Fsp3) is 0.579. The van der Waals surface area contributed by atoms with E-state index in [1.54, 1.807) is 0 Å². The number of benzene rings is 1. The minimum absolute atomic E-state index is 0.00898. The Bertz CT molecular complexity index is 586. The summed E-state index contributed by atoms with van der Waals surface area (Å²) < 4.78 is 0. The van der Waals surface area contributed by atoms with E-state index in [9.17, 15) is 14.7 Å². The first kappa shape index (κ1) is 17.0. The molecule has 0 aromatic heterocycles. The molecule has 3 rings (SSSR count). The van der Waals surface area contributed by atoms with Crippen molar-refractivity contribution in [3.63, 3.8) is 0 Å². The lowest BCUT2D eigenvalue weighted by atomic mass is 9.72. The first-order valence-electron chi connectivity index (χ1n) is 8.92. The normalized spacial score (nSPS) is 26.4. The van der Waals surface area contributed by atoms with E-state index in [4.69, 9.17) is 0 Å². The van der Waals surface area contributed by atoms with Crippen LogP contribution in [0.1, 0.15) is 44.1 Å². The first-order chi connectivity index (χ1) is 11.7. The second-order valence-electron chi connectivity index (χ2n) is 6.78. The number of hydrogen-bond acceptors (Lipinski definition) is 3. The maximum atomic E-state index is 12.8. The molecule has 2 N–H and O–H groups in total. The summed E-state index contributed by atoms with van der Waals surface area (Å²) in [5, 5.41) is 12.8. The molecule has 130 valence electrons. The molecule has 5 nitrogen and oxygen atoms in total. The second kappa shape index (κ2) is 7.34. The van der Waals surface area contributed by atoms with Crippen LogP contribution in [0.4, 0.5) is 0 Å². The lowest BCUT2D eigenvalue weighted by molar-refractivity contribution is -0.158. The average molecular weight is 330 g/mol. The Balaban J connectivity index is 1.80. The van der Waals surface area contributed by atoms with E-state index in [1.807, 2.05) is 42.2 Å². The number of nitrogens with one attached hydrogen (secondary N) is 1. The number of amides is 2. The fourth-order valence-electron chi connectivity index (χ4n) is 3.83. The fourth-order valence-corrected chi connectivity index (χ4v) is 3.83. The van der Waals surface area contributed by atoms with E-state index in [-0.39, 0.29) is 42.3 Å². The summed E-state index contributed by atoms with van der Waals surface area (Å²) in [6.07, 6.45) is 3.42. The molecule has 0 unspecified atom stereocenters. The summed E-state index contributed by atoms with van der Waals surface area (Å²) in [6.45, 7) is 2.22. The van der Waals surface area contributed by atoms with Gasteiger partial charge in [-0.05, 0) is 18.4 Å². The Morgan fingerprint density at radius 2 is 1.92 bits per heavy atom. The molecule has 2 fully saturated rings. The lowest BCUT2D eigenvalue weighted by Crippen LogP contribution is -2.69. The smallest absolute Gasteiger partial charge is 0.226 e. The molecule has 1 aromatic carbocycles. The molecule has 1 heterocycles. The molecule has 24 heavy (non-hydrogen) atoms.